The van der Waals surface area contributed by atoms with Crippen molar-refractivity contribution in [2.45, 2.75) is 0 Å². The zero-order valence-electron chi connectivity index (χ0n) is 9.67. The molecule has 0 fully saturated rings. The summed E-state index contributed by atoms with van der Waals surface area (Å²) in [5.74, 6) is 0.795. The van der Waals surface area contributed by atoms with E-state index in [4.69, 9.17) is 4.74 Å². The molecule has 0 saturated heterocycles. The quantitative estimate of drug-likeness (QED) is 0.730. The van der Waals surface area contributed by atoms with Crippen LogP contribution in [-0.4, -0.2) is 21.9 Å². The molecule has 0 amide bonds. The van der Waals surface area contributed by atoms with Gasteiger partial charge in [0.05, 0.1) is 18.2 Å². The largest absolute Gasteiger partial charge is 0.497 e. The fourth-order valence-corrected chi connectivity index (χ4v) is 2.31. The summed E-state index contributed by atoms with van der Waals surface area (Å²) in [5.41, 5.74) is 1.74. The number of rotatable bonds is 2. The fourth-order valence-electron chi connectivity index (χ4n) is 1.84. The maximum absolute atomic E-state index is 5.22. The van der Waals surface area contributed by atoms with Crippen molar-refractivity contribution in [2.24, 2.45) is 0 Å². The van der Waals surface area contributed by atoms with E-state index in [0.717, 1.165) is 27.1 Å². The Balaban J connectivity index is 2.25. The van der Waals surface area contributed by atoms with Crippen LogP contribution in [0.1, 0.15) is 0 Å². The van der Waals surface area contributed by atoms with Crippen LogP contribution in [0.3, 0.4) is 0 Å². The Kier molecular flexibility index (Phi) is 2.76. The number of halogens is 1. The summed E-state index contributed by atoms with van der Waals surface area (Å²) in [4.78, 5) is 4.36. The van der Waals surface area contributed by atoms with E-state index in [2.05, 4.69) is 26.0 Å². The second-order valence-electron chi connectivity index (χ2n) is 3.78. The number of fused-ring (bicyclic) bond motifs is 1. The predicted octanol–water partition coefficient (Wildman–Crippen LogP) is 3.19. The van der Waals surface area contributed by atoms with E-state index in [1.807, 2.05) is 36.4 Å². The Bertz CT molecular complexity index is 708. The van der Waals surface area contributed by atoms with Crippen LogP contribution in [0.5, 0.6) is 5.75 Å². The van der Waals surface area contributed by atoms with Gasteiger partial charge in [-0.2, -0.15) is 5.10 Å². The Labute approximate surface area is 112 Å². The van der Waals surface area contributed by atoms with Gasteiger partial charge in [-0.25, -0.2) is 9.67 Å². The molecule has 2 aromatic heterocycles. The lowest BCUT2D eigenvalue weighted by atomic mass is 10.3. The highest BCUT2D eigenvalue weighted by atomic mass is 79.9. The molecule has 0 aliphatic rings. The molecule has 0 radical (unpaired) electrons. The number of ether oxygens (including phenoxy) is 1. The molecular formula is C13H10BrN3O. The van der Waals surface area contributed by atoms with Crippen LogP contribution in [0.15, 0.2) is 47.2 Å². The summed E-state index contributed by atoms with van der Waals surface area (Å²) in [5, 5.41) is 5.44. The Morgan fingerprint density at radius 1 is 1.22 bits per heavy atom. The standard InChI is InChI=1S/C13H10BrN3O/c1-18-10-5-2-4-9(8-10)17-13-11(12(14)16-17)6-3-7-15-13/h2-8H,1H3. The first-order valence-electron chi connectivity index (χ1n) is 5.43. The molecule has 0 aliphatic carbocycles. The highest BCUT2D eigenvalue weighted by Gasteiger charge is 2.10. The van der Waals surface area contributed by atoms with Crippen molar-refractivity contribution in [3.8, 4) is 11.4 Å². The van der Waals surface area contributed by atoms with Crippen LogP contribution in [0, 0.1) is 0 Å². The Morgan fingerprint density at radius 3 is 2.94 bits per heavy atom. The molecule has 0 unspecified atom stereocenters. The molecule has 90 valence electrons. The van der Waals surface area contributed by atoms with Gasteiger partial charge in [0.15, 0.2) is 5.65 Å². The zero-order valence-corrected chi connectivity index (χ0v) is 11.3. The highest BCUT2D eigenvalue weighted by Crippen LogP contribution is 2.25. The van der Waals surface area contributed by atoms with Gasteiger partial charge in [0.2, 0.25) is 0 Å². The summed E-state index contributed by atoms with van der Waals surface area (Å²) >= 11 is 3.45. The smallest absolute Gasteiger partial charge is 0.164 e. The highest BCUT2D eigenvalue weighted by molar-refractivity contribution is 9.10. The van der Waals surface area contributed by atoms with Gasteiger partial charge in [-0.1, -0.05) is 6.07 Å². The predicted molar refractivity (Wildman–Crippen MR) is 73.1 cm³/mol. The van der Waals surface area contributed by atoms with Gasteiger partial charge in [-0.15, -0.1) is 0 Å². The molecule has 0 atom stereocenters. The molecule has 3 rings (SSSR count). The van der Waals surface area contributed by atoms with Gasteiger partial charge in [-0.05, 0) is 40.2 Å². The minimum Gasteiger partial charge on any atom is -0.497 e. The summed E-state index contributed by atoms with van der Waals surface area (Å²) in [6.07, 6.45) is 1.76. The minimum atomic E-state index is 0.786. The molecule has 0 aliphatic heterocycles. The van der Waals surface area contributed by atoms with E-state index >= 15 is 0 Å². The SMILES string of the molecule is COc1cccc(-n2nc(Br)c3cccnc32)c1. The van der Waals surface area contributed by atoms with Gasteiger partial charge in [0.1, 0.15) is 10.4 Å². The molecule has 0 N–H and O–H groups in total. The monoisotopic (exact) mass is 303 g/mol. The Hall–Kier alpha value is -1.88. The lowest BCUT2D eigenvalue weighted by molar-refractivity contribution is 0.414. The van der Waals surface area contributed by atoms with Gasteiger partial charge in [-0.3, -0.25) is 0 Å². The maximum atomic E-state index is 5.22. The van der Waals surface area contributed by atoms with E-state index in [1.165, 1.54) is 0 Å². The van der Waals surface area contributed by atoms with Crippen LogP contribution in [0.4, 0.5) is 0 Å². The number of hydrogen-bond acceptors (Lipinski definition) is 3. The van der Waals surface area contributed by atoms with Gasteiger partial charge >= 0.3 is 0 Å². The lowest BCUT2D eigenvalue weighted by Gasteiger charge is -2.04. The van der Waals surface area contributed by atoms with Gasteiger partial charge < -0.3 is 4.74 Å². The third-order valence-corrected chi connectivity index (χ3v) is 3.28. The summed E-state index contributed by atoms with van der Waals surface area (Å²) in [7, 11) is 1.65. The number of hydrogen-bond donors (Lipinski definition) is 0. The van der Waals surface area contributed by atoms with Crippen LogP contribution in [0.2, 0.25) is 0 Å². The van der Waals surface area contributed by atoms with Crippen molar-refractivity contribution in [2.75, 3.05) is 7.11 Å². The maximum Gasteiger partial charge on any atom is 0.164 e. The minimum absolute atomic E-state index is 0.786. The molecule has 1 aromatic carbocycles. The first-order chi connectivity index (χ1) is 8.79. The normalized spacial score (nSPS) is 10.8. The van der Waals surface area contributed by atoms with Crippen LogP contribution >= 0.6 is 15.9 Å². The first kappa shape index (κ1) is 11.2. The van der Waals surface area contributed by atoms with Crippen LogP contribution in [-0.2, 0) is 0 Å². The zero-order chi connectivity index (χ0) is 12.5. The second-order valence-corrected chi connectivity index (χ2v) is 4.53. The summed E-state index contributed by atoms with van der Waals surface area (Å²) in [6, 6.07) is 11.6. The van der Waals surface area contributed by atoms with Crippen molar-refractivity contribution < 1.29 is 4.74 Å². The van der Waals surface area contributed by atoms with E-state index in [-0.39, 0.29) is 0 Å². The van der Waals surface area contributed by atoms with E-state index in [0.29, 0.717) is 0 Å². The molecule has 2 heterocycles. The Morgan fingerprint density at radius 2 is 2.11 bits per heavy atom. The van der Waals surface area contributed by atoms with Gasteiger partial charge in [0, 0.05) is 12.3 Å². The fraction of sp³-hybridized carbons (Fsp3) is 0.0769. The number of nitrogens with zero attached hydrogens (tertiary/aromatic N) is 3. The number of methoxy groups -OCH3 is 1. The van der Waals surface area contributed by atoms with Crippen LogP contribution < -0.4 is 4.74 Å². The molecule has 0 spiro atoms. The lowest BCUT2D eigenvalue weighted by Crippen LogP contribution is -1.97. The second kappa shape index (κ2) is 4.42. The first-order valence-corrected chi connectivity index (χ1v) is 6.22. The molecular weight excluding hydrogens is 294 g/mol. The molecule has 18 heavy (non-hydrogen) atoms. The third-order valence-electron chi connectivity index (χ3n) is 2.70. The average Bonchev–Trinajstić information content (AvgIpc) is 2.77. The molecule has 0 saturated carbocycles. The average molecular weight is 304 g/mol. The number of benzene rings is 1. The van der Waals surface area contributed by atoms with E-state index in [1.54, 1.807) is 18.0 Å². The van der Waals surface area contributed by atoms with Crippen molar-refractivity contribution in [1.29, 1.82) is 0 Å². The van der Waals surface area contributed by atoms with Gasteiger partial charge in [0.25, 0.3) is 0 Å². The van der Waals surface area contributed by atoms with Crippen LogP contribution in [0.25, 0.3) is 16.7 Å². The van der Waals surface area contributed by atoms with Crippen molar-refractivity contribution >= 4 is 27.0 Å². The molecule has 0 bridgehead atoms. The summed E-state index contributed by atoms with van der Waals surface area (Å²) < 4.78 is 7.80. The third kappa shape index (κ3) is 1.76. The van der Waals surface area contributed by atoms with E-state index < -0.39 is 0 Å². The molecule has 4 nitrogen and oxygen atoms in total. The number of pyridine rings is 1. The topological polar surface area (TPSA) is 39.9 Å². The number of aromatic nitrogens is 3. The van der Waals surface area contributed by atoms with Crippen molar-refractivity contribution in [3.63, 3.8) is 0 Å². The van der Waals surface area contributed by atoms with E-state index in [9.17, 15) is 0 Å². The van der Waals surface area contributed by atoms with Crippen molar-refractivity contribution in [1.82, 2.24) is 14.8 Å². The van der Waals surface area contributed by atoms with Crippen molar-refractivity contribution in [3.05, 3.63) is 47.2 Å². The molecule has 5 heteroatoms. The summed E-state index contributed by atoms with van der Waals surface area (Å²) in [6.45, 7) is 0. The molecule has 3 aromatic rings.